The third kappa shape index (κ3) is 4.56. The summed E-state index contributed by atoms with van der Waals surface area (Å²) >= 11 is 2.44. The molecular weight excluding hydrogens is 483 g/mol. The first-order chi connectivity index (χ1) is 14.8. The highest BCUT2D eigenvalue weighted by Gasteiger charge is 2.36. The quantitative estimate of drug-likeness (QED) is 0.355. The molecule has 0 aromatic heterocycles. The number of likely N-dealkylation sites (tertiary alicyclic amines) is 1. The standard InChI is InChI=1S/C26H33IN2O/c27-21-8-4-7-20(17-21)25-19-29-15-5-9-26(29)24-18-22(10-11-23(24)25)30-16-6-14-28-12-2-1-3-13-28/h4,7-8,10-11,17-18,25-26H,1-3,5-6,9,12-16,19H2. The van der Waals surface area contributed by atoms with E-state index in [9.17, 15) is 0 Å². The van der Waals surface area contributed by atoms with Crippen LogP contribution in [-0.2, 0) is 0 Å². The third-order valence-corrected chi connectivity index (χ3v) is 7.83. The monoisotopic (exact) mass is 516 g/mol. The highest BCUT2D eigenvalue weighted by Crippen LogP contribution is 2.45. The maximum absolute atomic E-state index is 6.23. The summed E-state index contributed by atoms with van der Waals surface area (Å²) in [6.45, 7) is 6.92. The van der Waals surface area contributed by atoms with Gasteiger partial charge >= 0.3 is 0 Å². The molecule has 0 aliphatic carbocycles. The van der Waals surface area contributed by atoms with Crippen LogP contribution in [0, 0.1) is 3.57 Å². The number of piperidine rings is 1. The minimum Gasteiger partial charge on any atom is -0.494 e. The Balaban J connectivity index is 1.30. The minimum atomic E-state index is 0.470. The van der Waals surface area contributed by atoms with Crippen LogP contribution < -0.4 is 4.74 Å². The molecule has 2 aromatic carbocycles. The predicted octanol–water partition coefficient (Wildman–Crippen LogP) is 5.83. The lowest BCUT2D eigenvalue weighted by Gasteiger charge is -2.37. The normalized spacial score (nSPS) is 24.4. The van der Waals surface area contributed by atoms with Gasteiger partial charge in [-0.05, 0) is 115 Å². The molecule has 2 saturated heterocycles. The van der Waals surface area contributed by atoms with Gasteiger partial charge in [0.2, 0.25) is 0 Å². The lowest BCUT2D eigenvalue weighted by Crippen LogP contribution is -2.34. The van der Waals surface area contributed by atoms with Crippen molar-refractivity contribution in [1.82, 2.24) is 9.80 Å². The van der Waals surface area contributed by atoms with Crippen LogP contribution in [0.2, 0.25) is 0 Å². The molecule has 160 valence electrons. The van der Waals surface area contributed by atoms with E-state index in [1.54, 1.807) is 0 Å². The number of fused-ring (bicyclic) bond motifs is 3. The third-order valence-electron chi connectivity index (χ3n) is 7.16. The summed E-state index contributed by atoms with van der Waals surface area (Å²) in [6, 6.07) is 16.6. The van der Waals surface area contributed by atoms with Gasteiger partial charge in [-0.15, -0.1) is 0 Å². The molecule has 3 aliphatic heterocycles. The first kappa shape index (κ1) is 20.8. The molecule has 3 heterocycles. The molecule has 0 radical (unpaired) electrons. The Labute approximate surface area is 194 Å². The Morgan fingerprint density at radius 2 is 1.83 bits per heavy atom. The van der Waals surface area contributed by atoms with Crippen LogP contribution in [0.4, 0.5) is 0 Å². The van der Waals surface area contributed by atoms with Crippen molar-refractivity contribution in [1.29, 1.82) is 0 Å². The number of hydrogen-bond donors (Lipinski definition) is 0. The molecule has 0 amide bonds. The van der Waals surface area contributed by atoms with Crippen molar-refractivity contribution >= 4 is 22.6 Å². The van der Waals surface area contributed by atoms with Crippen molar-refractivity contribution in [2.24, 2.45) is 0 Å². The second-order valence-corrected chi connectivity index (χ2v) is 10.4. The van der Waals surface area contributed by atoms with Gasteiger partial charge in [0.1, 0.15) is 5.75 Å². The van der Waals surface area contributed by atoms with Crippen LogP contribution >= 0.6 is 22.6 Å². The van der Waals surface area contributed by atoms with Crippen molar-refractivity contribution in [3.8, 4) is 5.75 Å². The van der Waals surface area contributed by atoms with Gasteiger partial charge in [-0.25, -0.2) is 0 Å². The molecule has 0 saturated carbocycles. The minimum absolute atomic E-state index is 0.470. The first-order valence-electron chi connectivity index (χ1n) is 11.8. The second-order valence-electron chi connectivity index (χ2n) is 9.16. The lowest BCUT2D eigenvalue weighted by molar-refractivity contribution is 0.204. The van der Waals surface area contributed by atoms with Gasteiger partial charge in [0.15, 0.2) is 0 Å². The first-order valence-corrected chi connectivity index (χ1v) is 12.8. The maximum atomic E-state index is 6.23. The maximum Gasteiger partial charge on any atom is 0.119 e. The summed E-state index contributed by atoms with van der Waals surface area (Å²) in [5, 5.41) is 0. The largest absolute Gasteiger partial charge is 0.494 e. The van der Waals surface area contributed by atoms with Crippen LogP contribution in [0.25, 0.3) is 0 Å². The van der Waals surface area contributed by atoms with Crippen LogP contribution in [0.1, 0.15) is 67.2 Å². The summed E-state index contributed by atoms with van der Waals surface area (Å²) in [4.78, 5) is 5.30. The fourth-order valence-corrected chi connectivity index (χ4v) is 6.21. The summed E-state index contributed by atoms with van der Waals surface area (Å²) in [6.07, 6.45) is 7.85. The van der Waals surface area contributed by atoms with Crippen LogP contribution in [0.5, 0.6) is 5.75 Å². The summed E-state index contributed by atoms with van der Waals surface area (Å²) in [5.74, 6) is 1.53. The van der Waals surface area contributed by atoms with Crippen molar-refractivity contribution in [3.05, 3.63) is 62.7 Å². The zero-order chi connectivity index (χ0) is 20.3. The summed E-state index contributed by atoms with van der Waals surface area (Å²) < 4.78 is 7.55. The zero-order valence-corrected chi connectivity index (χ0v) is 20.0. The summed E-state index contributed by atoms with van der Waals surface area (Å²) in [7, 11) is 0. The van der Waals surface area contributed by atoms with Crippen molar-refractivity contribution in [2.45, 2.75) is 50.5 Å². The highest BCUT2D eigenvalue weighted by molar-refractivity contribution is 14.1. The van der Waals surface area contributed by atoms with Gasteiger partial charge in [0, 0.05) is 28.6 Å². The van der Waals surface area contributed by atoms with E-state index in [-0.39, 0.29) is 0 Å². The molecule has 2 fully saturated rings. The number of rotatable bonds is 6. The van der Waals surface area contributed by atoms with E-state index in [0.717, 1.165) is 25.3 Å². The van der Waals surface area contributed by atoms with Gasteiger partial charge in [-0.2, -0.15) is 0 Å². The van der Waals surface area contributed by atoms with E-state index in [1.165, 1.54) is 78.5 Å². The number of nitrogens with zero attached hydrogens (tertiary/aromatic N) is 2. The van der Waals surface area contributed by atoms with Gasteiger partial charge in [-0.1, -0.05) is 24.6 Å². The Morgan fingerprint density at radius 1 is 0.933 bits per heavy atom. The van der Waals surface area contributed by atoms with Crippen molar-refractivity contribution in [2.75, 3.05) is 39.3 Å². The van der Waals surface area contributed by atoms with Gasteiger partial charge in [0.25, 0.3) is 0 Å². The number of hydrogen-bond acceptors (Lipinski definition) is 3. The number of halogens is 1. The molecule has 0 N–H and O–H groups in total. The number of benzene rings is 2. The van der Waals surface area contributed by atoms with Crippen molar-refractivity contribution in [3.63, 3.8) is 0 Å². The topological polar surface area (TPSA) is 15.7 Å². The average molecular weight is 516 g/mol. The molecule has 3 nitrogen and oxygen atoms in total. The highest BCUT2D eigenvalue weighted by atomic mass is 127. The van der Waals surface area contributed by atoms with E-state index in [2.05, 4.69) is 74.9 Å². The van der Waals surface area contributed by atoms with Gasteiger partial charge < -0.3 is 9.64 Å². The van der Waals surface area contributed by atoms with E-state index in [4.69, 9.17) is 4.74 Å². The zero-order valence-electron chi connectivity index (χ0n) is 17.9. The molecular formula is C26H33IN2O. The number of ether oxygens (including phenoxy) is 1. The average Bonchev–Trinajstić information content (AvgIpc) is 3.26. The Morgan fingerprint density at radius 3 is 2.70 bits per heavy atom. The molecule has 0 bridgehead atoms. The van der Waals surface area contributed by atoms with Crippen LogP contribution in [0.3, 0.4) is 0 Å². The smallest absolute Gasteiger partial charge is 0.119 e. The molecule has 5 rings (SSSR count). The van der Waals surface area contributed by atoms with E-state index >= 15 is 0 Å². The lowest BCUT2D eigenvalue weighted by atomic mass is 9.81. The Bertz CT molecular complexity index is 864. The van der Waals surface area contributed by atoms with E-state index in [0.29, 0.717) is 12.0 Å². The van der Waals surface area contributed by atoms with E-state index in [1.807, 2.05) is 0 Å². The van der Waals surface area contributed by atoms with Crippen molar-refractivity contribution < 1.29 is 4.74 Å². The fourth-order valence-electron chi connectivity index (χ4n) is 5.65. The molecule has 2 aromatic rings. The molecule has 2 atom stereocenters. The fraction of sp³-hybridized carbons (Fsp3) is 0.538. The molecule has 2 unspecified atom stereocenters. The Hall–Kier alpha value is -1.11. The van der Waals surface area contributed by atoms with Gasteiger partial charge in [0.05, 0.1) is 6.61 Å². The molecule has 4 heteroatoms. The molecule has 30 heavy (non-hydrogen) atoms. The summed E-state index contributed by atoms with van der Waals surface area (Å²) in [5.41, 5.74) is 4.47. The van der Waals surface area contributed by atoms with Crippen LogP contribution in [0.15, 0.2) is 42.5 Å². The predicted molar refractivity (Wildman–Crippen MR) is 131 cm³/mol. The van der Waals surface area contributed by atoms with E-state index < -0.39 is 0 Å². The Kier molecular flexibility index (Phi) is 6.63. The molecule has 3 aliphatic rings. The second kappa shape index (κ2) is 9.58. The SMILES string of the molecule is Ic1cccc(C2CN3CCCC3c3cc(OCCCN4CCCCC4)ccc32)c1. The molecule has 0 spiro atoms. The van der Waals surface area contributed by atoms with Gasteiger partial charge in [-0.3, -0.25) is 4.90 Å². The van der Waals surface area contributed by atoms with Crippen LogP contribution in [-0.4, -0.2) is 49.1 Å².